The molecule has 1 unspecified atom stereocenters. The minimum Gasteiger partial charge on any atom is -0.493 e. The summed E-state index contributed by atoms with van der Waals surface area (Å²) in [6, 6.07) is 6.17. The normalized spacial score (nSPS) is 12.0. The van der Waals surface area contributed by atoms with Gasteiger partial charge in [-0.2, -0.15) is 0 Å². The smallest absolute Gasteiger partial charge is 0.203 e. The molecule has 0 saturated heterocycles. The molecule has 0 saturated carbocycles. The number of hydrogen-bond donors (Lipinski definition) is 1. The van der Waals surface area contributed by atoms with Gasteiger partial charge < -0.3 is 19.5 Å². The van der Waals surface area contributed by atoms with Crippen LogP contribution in [0.3, 0.4) is 0 Å². The summed E-state index contributed by atoms with van der Waals surface area (Å²) in [5, 5.41) is 3.47. The van der Waals surface area contributed by atoms with Crippen molar-refractivity contribution in [1.82, 2.24) is 5.32 Å². The van der Waals surface area contributed by atoms with E-state index in [0.717, 1.165) is 19.4 Å². The van der Waals surface area contributed by atoms with Crippen molar-refractivity contribution in [3.05, 3.63) is 18.2 Å². The lowest BCUT2D eigenvalue weighted by atomic mass is 10.2. The van der Waals surface area contributed by atoms with Gasteiger partial charge in [-0.1, -0.05) is 13.0 Å². The molecule has 0 spiro atoms. The molecule has 0 aliphatic heterocycles. The zero-order chi connectivity index (χ0) is 14.8. The summed E-state index contributed by atoms with van der Waals surface area (Å²) >= 11 is 0. The van der Waals surface area contributed by atoms with Gasteiger partial charge in [-0.15, -0.1) is 0 Å². The van der Waals surface area contributed by atoms with Gasteiger partial charge in [-0.25, -0.2) is 0 Å². The van der Waals surface area contributed by atoms with Crippen LogP contribution in [0.2, 0.25) is 0 Å². The van der Waals surface area contributed by atoms with Crippen molar-refractivity contribution in [3.8, 4) is 17.2 Å². The number of rotatable bonds is 10. The Morgan fingerprint density at radius 3 is 2.35 bits per heavy atom. The number of benzene rings is 1. The third-order valence-corrected chi connectivity index (χ3v) is 3.15. The Morgan fingerprint density at radius 1 is 1.15 bits per heavy atom. The van der Waals surface area contributed by atoms with Crippen molar-refractivity contribution in [1.29, 1.82) is 0 Å². The van der Waals surface area contributed by atoms with Gasteiger partial charge in [0.25, 0.3) is 0 Å². The van der Waals surface area contributed by atoms with Crippen LogP contribution in [0.4, 0.5) is 0 Å². The highest BCUT2D eigenvalue weighted by Crippen LogP contribution is 2.36. The Balaban J connectivity index is 2.41. The first-order chi connectivity index (χ1) is 9.72. The van der Waals surface area contributed by atoms with Crippen LogP contribution >= 0.6 is 0 Å². The quantitative estimate of drug-likeness (QED) is 0.668. The minimum absolute atomic E-state index is 0.526. The first-order valence-corrected chi connectivity index (χ1v) is 7.30. The molecule has 114 valence electrons. The van der Waals surface area contributed by atoms with Gasteiger partial charge in [-0.05, 0) is 44.9 Å². The molecule has 0 aliphatic carbocycles. The third-order valence-electron chi connectivity index (χ3n) is 3.15. The average molecular weight is 281 g/mol. The Labute approximate surface area is 122 Å². The predicted octanol–water partition coefficient (Wildman–Crippen LogP) is 3.25. The molecule has 0 aliphatic rings. The SMILES string of the molecule is CCCNC(C)CCCOc1c(OC)cccc1OC. The van der Waals surface area contributed by atoms with Crippen molar-refractivity contribution in [2.24, 2.45) is 0 Å². The average Bonchev–Trinajstić information content (AvgIpc) is 2.49. The summed E-state index contributed by atoms with van der Waals surface area (Å²) in [5.41, 5.74) is 0. The molecular weight excluding hydrogens is 254 g/mol. The van der Waals surface area contributed by atoms with Gasteiger partial charge in [-0.3, -0.25) is 0 Å². The van der Waals surface area contributed by atoms with Crippen LogP contribution in [0.15, 0.2) is 18.2 Å². The monoisotopic (exact) mass is 281 g/mol. The lowest BCUT2D eigenvalue weighted by Gasteiger charge is -2.16. The number of nitrogens with one attached hydrogen (secondary N) is 1. The van der Waals surface area contributed by atoms with E-state index in [1.54, 1.807) is 14.2 Å². The van der Waals surface area contributed by atoms with E-state index in [2.05, 4.69) is 19.2 Å². The lowest BCUT2D eigenvalue weighted by molar-refractivity contribution is 0.264. The van der Waals surface area contributed by atoms with Crippen LogP contribution in [0.1, 0.15) is 33.1 Å². The molecule has 0 aromatic heterocycles. The van der Waals surface area contributed by atoms with E-state index < -0.39 is 0 Å². The highest BCUT2D eigenvalue weighted by Gasteiger charge is 2.11. The van der Waals surface area contributed by atoms with Crippen molar-refractivity contribution in [2.45, 2.75) is 39.2 Å². The maximum absolute atomic E-state index is 5.83. The van der Waals surface area contributed by atoms with E-state index in [0.29, 0.717) is 29.9 Å². The highest BCUT2D eigenvalue weighted by atomic mass is 16.5. The minimum atomic E-state index is 0.526. The molecule has 0 bridgehead atoms. The molecule has 1 atom stereocenters. The molecule has 1 N–H and O–H groups in total. The van der Waals surface area contributed by atoms with Gasteiger partial charge in [0, 0.05) is 6.04 Å². The Kier molecular flexibility index (Phi) is 7.88. The molecule has 0 heterocycles. The van der Waals surface area contributed by atoms with Crippen molar-refractivity contribution < 1.29 is 14.2 Å². The van der Waals surface area contributed by atoms with Crippen LogP contribution in [0.5, 0.6) is 17.2 Å². The first-order valence-electron chi connectivity index (χ1n) is 7.30. The van der Waals surface area contributed by atoms with Crippen LogP contribution in [0.25, 0.3) is 0 Å². The van der Waals surface area contributed by atoms with Gasteiger partial charge in [0.1, 0.15) is 0 Å². The second kappa shape index (κ2) is 9.48. The van der Waals surface area contributed by atoms with Gasteiger partial charge in [0.15, 0.2) is 11.5 Å². The van der Waals surface area contributed by atoms with E-state index >= 15 is 0 Å². The van der Waals surface area contributed by atoms with Crippen LogP contribution in [-0.4, -0.2) is 33.4 Å². The Morgan fingerprint density at radius 2 is 1.80 bits per heavy atom. The number of para-hydroxylation sites is 1. The standard InChI is InChI=1S/C16H27NO3/c1-5-11-17-13(2)8-7-12-20-16-14(18-3)9-6-10-15(16)19-4/h6,9-10,13,17H,5,7-8,11-12H2,1-4H3. The zero-order valence-electron chi connectivity index (χ0n) is 13.1. The summed E-state index contributed by atoms with van der Waals surface area (Å²) in [4.78, 5) is 0. The molecule has 4 heteroatoms. The molecular formula is C16H27NO3. The number of hydrogen-bond acceptors (Lipinski definition) is 4. The summed E-state index contributed by atoms with van der Waals surface area (Å²) in [6.45, 7) is 6.12. The van der Waals surface area contributed by atoms with E-state index in [4.69, 9.17) is 14.2 Å². The van der Waals surface area contributed by atoms with Crippen LogP contribution in [0, 0.1) is 0 Å². The Bertz CT molecular complexity index is 360. The molecule has 0 amide bonds. The van der Waals surface area contributed by atoms with Crippen molar-refractivity contribution in [2.75, 3.05) is 27.4 Å². The zero-order valence-corrected chi connectivity index (χ0v) is 13.1. The predicted molar refractivity (Wildman–Crippen MR) is 82.0 cm³/mol. The summed E-state index contributed by atoms with van der Waals surface area (Å²) < 4.78 is 16.4. The van der Waals surface area contributed by atoms with Gasteiger partial charge in [0.05, 0.1) is 20.8 Å². The number of ether oxygens (including phenoxy) is 3. The second-order valence-corrected chi connectivity index (χ2v) is 4.84. The highest BCUT2D eigenvalue weighted by molar-refractivity contribution is 5.51. The van der Waals surface area contributed by atoms with Crippen LogP contribution < -0.4 is 19.5 Å². The van der Waals surface area contributed by atoms with E-state index in [1.807, 2.05) is 18.2 Å². The van der Waals surface area contributed by atoms with Crippen molar-refractivity contribution >= 4 is 0 Å². The maximum Gasteiger partial charge on any atom is 0.203 e. The summed E-state index contributed by atoms with van der Waals surface area (Å²) in [5.74, 6) is 2.11. The largest absolute Gasteiger partial charge is 0.493 e. The Hall–Kier alpha value is -1.42. The molecule has 1 aromatic carbocycles. The molecule has 1 aromatic rings. The van der Waals surface area contributed by atoms with E-state index in [1.165, 1.54) is 6.42 Å². The van der Waals surface area contributed by atoms with E-state index in [-0.39, 0.29) is 0 Å². The maximum atomic E-state index is 5.83. The topological polar surface area (TPSA) is 39.7 Å². The molecule has 0 fully saturated rings. The summed E-state index contributed by atoms with van der Waals surface area (Å²) in [6.07, 6.45) is 3.26. The van der Waals surface area contributed by atoms with E-state index in [9.17, 15) is 0 Å². The molecule has 4 nitrogen and oxygen atoms in total. The fraction of sp³-hybridized carbons (Fsp3) is 0.625. The lowest BCUT2D eigenvalue weighted by Crippen LogP contribution is -2.26. The van der Waals surface area contributed by atoms with Crippen molar-refractivity contribution in [3.63, 3.8) is 0 Å². The molecule has 20 heavy (non-hydrogen) atoms. The fourth-order valence-electron chi connectivity index (χ4n) is 2.02. The number of methoxy groups -OCH3 is 2. The first kappa shape index (κ1) is 16.6. The molecule has 0 radical (unpaired) electrons. The third kappa shape index (κ3) is 5.29. The van der Waals surface area contributed by atoms with Gasteiger partial charge in [0.2, 0.25) is 5.75 Å². The fourth-order valence-corrected chi connectivity index (χ4v) is 2.02. The second-order valence-electron chi connectivity index (χ2n) is 4.84. The van der Waals surface area contributed by atoms with Crippen LogP contribution in [-0.2, 0) is 0 Å². The molecule has 1 rings (SSSR count). The summed E-state index contributed by atoms with van der Waals surface area (Å²) in [7, 11) is 3.27. The van der Waals surface area contributed by atoms with Gasteiger partial charge >= 0.3 is 0 Å².